The summed E-state index contributed by atoms with van der Waals surface area (Å²) in [7, 11) is -4.29. The van der Waals surface area contributed by atoms with E-state index in [1.807, 2.05) is 0 Å². The zero-order chi connectivity index (χ0) is 19.9. The van der Waals surface area contributed by atoms with Gasteiger partial charge >= 0.3 is 0 Å². The predicted molar refractivity (Wildman–Crippen MR) is 99.5 cm³/mol. The van der Waals surface area contributed by atoms with Gasteiger partial charge in [-0.1, -0.05) is 19.9 Å². The van der Waals surface area contributed by atoms with Crippen LogP contribution in [-0.4, -0.2) is 35.1 Å². The number of benzene rings is 1. The smallest absolute Gasteiger partial charge is 0.282 e. The van der Waals surface area contributed by atoms with E-state index in [4.69, 9.17) is 23.2 Å². The van der Waals surface area contributed by atoms with Gasteiger partial charge in [0, 0.05) is 17.7 Å². The number of halogens is 2. The molecule has 7 nitrogen and oxygen atoms in total. The van der Waals surface area contributed by atoms with Gasteiger partial charge in [-0.05, 0) is 25.0 Å². The molecule has 0 saturated heterocycles. The molecule has 0 spiro atoms. The van der Waals surface area contributed by atoms with Gasteiger partial charge in [0.2, 0.25) is 0 Å². The lowest BCUT2D eigenvalue weighted by Crippen LogP contribution is -2.47. The molecular weight excluding hydrogens is 403 g/mol. The lowest BCUT2D eigenvalue weighted by atomic mass is 9.83. The van der Waals surface area contributed by atoms with Crippen LogP contribution in [0, 0.1) is 16.0 Å². The van der Waals surface area contributed by atoms with Gasteiger partial charge in [-0.15, -0.1) is 23.2 Å². The van der Waals surface area contributed by atoms with Crippen molar-refractivity contribution in [1.29, 1.82) is 0 Å². The Morgan fingerprint density at radius 2 is 1.96 bits per heavy atom. The summed E-state index contributed by atoms with van der Waals surface area (Å²) in [5.41, 5.74) is -0.155. The lowest BCUT2D eigenvalue weighted by molar-refractivity contribution is -0.385. The predicted octanol–water partition coefficient (Wildman–Crippen LogP) is 3.49. The maximum Gasteiger partial charge on any atom is 0.282 e. The Kier molecular flexibility index (Phi) is 5.60. The van der Waals surface area contributed by atoms with Gasteiger partial charge in [-0.2, -0.15) is 12.8 Å². The first-order valence-corrected chi connectivity index (χ1v) is 9.82. The van der Waals surface area contributed by atoms with Gasteiger partial charge in [-0.3, -0.25) is 14.9 Å². The summed E-state index contributed by atoms with van der Waals surface area (Å²) in [6.45, 7) is 4.92. The number of carbonyl (C=O) groups excluding carboxylic acids is 1. The van der Waals surface area contributed by atoms with Crippen LogP contribution in [-0.2, 0) is 14.8 Å². The SMILES string of the molecule is CC(C)C1=CC(=NS(=O)(=O)c2cccc([N+](=O)[O-])c2)C(C)(Cl)C(Cl)C1=O. The van der Waals surface area contributed by atoms with E-state index in [0.29, 0.717) is 5.57 Å². The van der Waals surface area contributed by atoms with E-state index in [1.54, 1.807) is 13.8 Å². The van der Waals surface area contributed by atoms with E-state index in [2.05, 4.69) is 4.40 Å². The van der Waals surface area contributed by atoms with E-state index in [-0.39, 0.29) is 28.0 Å². The summed E-state index contributed by atoms with van der Waals surface area (Å²) in [5.74, 6) is -0.590. The van der Waals surface area contributed by atoms with Crippen LogP contribution < -0.4 is 0 Å². The van der Waals surface area contributed by atoms with Gasteiger partial charge < -0.3 is 0 Å². The van der Waals surface area contributed by atoms with E-state index >= 15 is 0 Å². The highest BCUT2D eigenvalue weighted by atomic mass is 35.5. The highest BCUT2D eigenvalue weighted by Crippen LogP contribution is 2.36. The summed E-state index contributed by atoms with van der Waals surface area (Å²) in [6, 6.07) is 4.51. The third kappa shape index (κ3) is 3.82. The molecule has 0 aromatic heterocycles. The number of sulfonamides is 1. The van der Waals surface area contributed by atoms with E-state index < -0.39 is 25.2 Å². The van der Waals surface area contributed by atoms with Crippen LogP contribution in [0.3, 0.4) is 0 Å². The van der Waals surface area contributed by atoms with Crippen molar-refractivity contribution in [3.63, 3.8) is 0 Å². The van der Waals surface area contributed by atoms with Crippen molar-refractivity contribution in [1.82, 2.24) is 0 Å². The average molecular weight is 419 g/mol. The van der Waals surface area contributed by atoms with Gasteiger partial charge in [0.25, 0.3) is 15.7 Å². The first-order valence-electron chi connectivity index (χ1n) is 7.56. The van der Waals surface area contributed by atoms with Crippen LogP contribution in [0.5, 0.6) is 0 Å². The molecule has 0 N–H and O–H groups in total. The molecule has 1 aliphatic carbocycles. The topological polar surface area (TPSA) is 107 Å². The second-order valence-corrected chi connectivity index (χ2v) is 9.09. The molecule has 2 unspecified atom stereocenters. The van der Waals surface area contributed by atoms with E-state index in [9.17, 15) is 23.3 Å². The summed E-state index contributed by atoms with van der Waals surface area (Å²) >= 11 is 12.5. The molecule has 26 heavy (non-hydrogen) atoms. The number of hydrogen-bond donors (Lipinski definition) is 0. The van der Waals surface area contributed by atoms with E-state index in [1.165, 1.54) is 31.2 Å². The standard InChI is InChI=1S/C16H16Cl2N2O5S/c1-9(2)12-8-13(16(3,18)15(17)14(12)21)19-26(24,25)11-6-4-5-10(7-11)20(22)23/h4-9,15H,1-3H3. The number of carbonyl (C=O) groups is 1. The highest BCUT2D eigenvalue weighted by Gasteiger charge is 2.46. The molecule has 0 amide bonds. The highest BCUT2D eigenvalue weighted by molar-refractivity contribution is 7.90. The number of rotatable bonds is 4. The fraction of sp³-hybridized carbons (Fsp3) is 0.375. The molecule has 0 saturated carbocycles. The minimum Gasteiger partial charge on any atom is -0.293 e. The molecule has 0 bridgehead atoms. The van der Waals surface area contributed by atoms with Crippen molar-refractivity contribution in [2.75, 3.05) is 0 Å². The van der Waals surface area contributed by atoms with Gasteiger partial charge in [0.1, 0.15) is 10.3 Å². The number of alkyl halides is 2. The number of nitrogens with zero attached hydrogens (tertiary/aromatic N) is 2. The van der Waals surface area contributed by atoms with Crippen molar-refractivity contribution >= 4 is 50.4 Å². The van der Waals surface area contributed by atoms with Crippen molar-refractivity contribution < 1.29 is 18.1 Å². The molecular formula is C16H16Cl2N2O5S. The number of non-ortho nitro benzene ring substituents is 1. The number of ketones is 1. The molecule has 2 atom stereocenters. The molecule has 10 heteroatoms. The molecule has 2 rings (SSSR count). The maximum absolute atomic E-state index is 12.6. The number of Topliss-reactive ketones (excluding diaryl/α,β-unsaturated/α-hetero) is 1. The van der Waals surface area contributed by atoms with Gasteiger partial charge in [0.05, 0.1) is 15.5 Å². The normalized spacial score (nSPS) is 25.5. The Hall–Kier alpha value is -1.77. The molecule has 0 aliphatic heterocycles. The van der Waals surface area contributed by atoms with Crippen molar-refractivity contribution in [2.24, 2.45) is 10.3 Å². The minimum absolute atomic E-state index is 0.0889. The third-order valence-corrected chi connectivity index (χ3v) is 6.40. The van der Waals surface area contributed by atoms with Gasteiger partial charge in [0.15, 0.2) is 5.78 Å². The van der Waals surface area contributed by atoms with Crippen LogP contribution in [0.15, 0.2) is 45.2 Å². The van der Waals surface area contributed by atoms with E-state index in [0.717, 1.165) is 6.07 Å². The molecule has 1 aliphatic rings. The average Bonchev–Trinajstić information content (AvgIpc) is 2.55. The Balaban J connectivity index is 2.63. The zero-order valence-corrected chi connectivity index (χ0v) is 16.5. The Morgan fingerprint density at radius 3 is 2.50 bits per heavy atom. The van der Waals surface area contributed by atoms with Crippen LogP contribution in [0.25, 0.3) is 0 Å². The van der Waals surface area contributed by atoms with Crippen LogP contribution >= 0.6 is 23.2 Å². The Bertz CT molecular complexity index is 936. The number of hydrogen-bond acceptors (Lipinski definition) is 5. The monoisotopic (exact) mass is 418 g/mol. The number of nitro benzene ring substituents is 1. The van der Waals surface area contributed by atoms with Crippen molar-refractivity contribution in [3.8, 4) is 0 Å². The fourth-order valence-electron chi connectivity index (χ4n) is 2.39. The summed E-state index contributed by atoms with van der Waals surface area (Å²) < 4.78 is 28.9. The van der Waals surface area contributed by atoms with Crippen LogP contribution in [0.2, 0.25) is 0 Å². The second-order valence-electron chi connectivity index (χ2n) is 6.26. The first kappa shape index (κ1) is 20.5. The molecule has 0 heterocycles. The molecule has 1 aromatic rings. The summed E-state index contributed by atoms with van der Waals surface area (Å²) in [5, 5.41) is 9.67. The Labute approximate surface area is 160 Å². The van der Waals surface area contributed by atoms with Gasteiger partial charge in [-0.25, -0.2) is 0 Å². The minimum atomic E-state index is -4.29. The fourth-order valence-corrected chi connectivity index (χ4v) is 4.00. The second kappa shape index (κ2) is 7.09. The summed E-state index contributed by atoms with van der Waals surface area (Å²) in [6.07, 6.45) is 1.33. The maximum atomic E-state index is 12.6. The Morgan fingerprint density at radius 1 is 1.35 bits per heavy atom. The summed E-state index contributed by atoms with van der Waals surface area (Å²) in [4.78, 5) is 20.6. The van der Waals surface area contributed by atoms with Crippen LogP contribution in [0.4, 0.5) is 5.69 Å². The largest absolute Gasteiger partial charge is 0.293 e. The lowest BCUT2D eigenvalue weighted by Gasteiger charge is -2.32. The third-order valence-electron chi connectivity index (χ3n) is 3.95. The zero-order valence-electron chi connectivity index (χ0n) is 14.1. The van der Waals surface area contributed by atoms with Crippen molar-refractivity contribution in [3.05, 3.63) is 46.0 Å². The van der Waals surface area contributed by atoms with Crippen molar-refractivity contribution in [2.45, 2.75) is 35.9 Å². The molecule has 0 fully saturated rings. The van der Waals surface area contributed by atoms with Crippen LogP contribution in [0.1, 0.15) is 20.8 Å². The molecule has 140 valence electrons. The number of allylic oxidation sites excluding steroid dienone is 2. The molecule has 1 aromatic carbocycles. The quantitative estimate of drug-likeness (QED) is 0.422. The first-order chi connectivity index (χ1) is 11.9. The molecule has 0 radical (unpaired) electrons. The number of nitro groups is 1.